The molecule has 1 aliphatic rings. The van der Waals surface area contributed by atoms with E-state index in [2.05, 4.69) is 21.4 Å². The first-order valence-corrected chi connectivity index (χ1v) is 7.88. The number of thiophene rings is 1. The Balaban J connectivity index is 1.70. The van der Waals surface area contributed by atoms with E-state index < -0.39 is 0 Å². The standard InChI is InChI=1S/C15H19N3OS/c1-3-19-15-10(2)14(17-9-18-15)16-8-12-7-11-5-4-6-13(11)20-12/h7,9H,3-6,8H2,1-2H3,(H,16,17,18). The van der Waals surface area contributed by atoms with Crippen LogP contribution in [0.5, 0.6) is 5.88 Å². The van der Waals surface area contributed by atoms with Gasteiger partial charge >= 0.3 is 0 Å². The molecule has 4 nitrogen and oxygen atoms in total. The van der Waals surface area contributed by atoms with E-state index in [9.17, 15) is 0 Å². The summed E-state index contributed by atoms with van der Waals surface area (Å²) in [6, 6.07) is 2.33. The quantitative estimate of drug-likeness (QED) is 0.917. The maximum atomic E-state index is 5.49. The molecule has 2 aromatic heterocycles. The molecule has 20 heavy (non-hydrogen) atoms. The summed E-state index contributed by atoms with van der Waals surface area (Å²) in [6.45, 7) is 5.39. The summed E-state index contributed by atoms with van der Waals surface area (Å²) >= 11 is 1.92. The average molecular weight is 289 g/mol. The second kappa shape index (κ2) is 5.79. The summed E-state index contributed by atoms with van der Waals surface area (Å²) in [5, 5.41) is 3.40. The molecule has 2 aromatic rings. The van der Waals surface area contributed by atoms with Gasteiger partial charge in [0.05, 0.1) is 18.7 Å². The fraction of sp³-hybridized carbons (Fsp3) is 0.467. The number of fused-ring (bicyclic) bond motifs is 1. The molecule has 0 saturated heterocycles. The Hall–Kier alpha value is -1.62. The smallest absolute Gasteiger partial charge is 0.221 e. The van der Waals surface area contributed by atoms with Gasteiger partial charge in [-0.05, 0) is 44.7 Å². The number of hydrogen-bond acceptors (Lipinski definition) is 5. The van der Waals surface area contributed by atoms with Gasteiger partial charge in [-0.1, -0.05) is 0 Å². The van der Waals surface area contributed by atoms with Crippen LogP contribution in [-0.2, 0) is 19.4 Å². The second-order valence-electron chi connectivity index (χ2n) is 4.95. The molecule has 3 rings (SSSR count). The molecule has 0 bridgehead atoms. The van der Waals surface area contributed by atoms with Gasteiger partial charge in [-0.3, -0.25) is 0 Å². The van der Waals surface area contributed by atoms with Crippen molar-refractivity contribution in [3.8, 4) is 5.88 Å². The third-order valence-corrected chi connectivity index (χ3v) is 4.78. The Morgan fingerprint density at radius 3 is 3.05 bits per heavy atom. The summed E-state index contributed by atoms with van der Waals surface area (Å²) in [6.07, 6.45) is 5.36. The Morgan fingerprint density at radius 2 is 2.25 bits per heavy atom. The zero-order chi connectivity index (χ0) is 13.9. The molecule has 1 aliphatic carbocycles. The van der Waals surface area contributed by atoms with Gasteiger partial charge in [-0.2, -0.15) is 0 Å². The van der Waals surface area contributed by atoms with Crippen LogP contribution in [0.1, 0.15) is 34.2 Å². The van der Waals surface area contributed by atoms with Crippen LogP contribution < -0.4 is 10.1 Å². The van der Waals surface area contributed by atoms with Gasteiger partial charge in [0, 0.05) is 9.75 Å². The molecule has 0 aliphatic heterocycles. The minimum absolute atomic E-state index is 0.620. The van der Waals surface area contributed by atoms with Crippen LogP contribution in [0.25, 0.3) is 0 Å². The molecule has 1 N–H and O–H groups in total. The summed E-state index contributed by atoms with van der Waals surface area (Å²) < 4.78 is 5.49. The molecule has 0 radical (unpaired) electrons. The number of aryl methyl sites for hydroxylation is 2. The summed E-state index contributed by atoms with van der Waals surface area (Å²) in [5.41, 5.74) is 2.51. The SMILES string of the molecule is CCOc1ncnc(NCc2cc3c(s2)CCC3)c1C. The van der Waals surface area contributed by atoms with Gasteiger partial charge in [0.1, 0.15) is 12.1 Å². The minimum Gasteiger partial charge on any atom is -0.478 e. The van der Waals surface area contributed by atoms with Gasteiger partial charge < -0.3 is 10.1 Å². The summed E-state index contributed by atoms with van der Waals surface area (Å²) in [4.78, 5) is 11.4. The van der Waals surface area contributed by atoms with E-state index in [1.54, 1.807) is 16.8 Å². The zero-order valence-corrected chi connectivity index (χ0v) is 12.7. The van der Waals surface area contributed by atoms with Gasteiger partial charge in [0.15, 0.2) is 0 Å². The highest BCUT2D eigenvalue weighted by Gasteiger charge is 2.15. The lowest BCUT2D eigenvalue weighted by Gasteiger charge is -2.10. The first-order chi connectivity index (χ1) is 9.78. The number of aromatic nitrogens is 2. The monoisotopic (exact) mass is 289 g/mol. The van der Waals surface area contributed by atoms with Crippen LogP contribution in [0.2, 0.25) is 0 Å². The molecule has 5 heteroatoms. The van der Waals surface area contributed by atoms with Crippen molar-refractivity contribution in [1.82, 2.24) is 9.97 Å². The van der Waals surface area contributed by atoms with Gasteiger partial charge in [-0.15, -0.1) is 11.3 Å². The lowest BCUT2D eigenvalue weighted by atomic mass is 10.2. The Labute approximate surface area is 123 Å². The molecular weight excluding hydrogens is 270 g/mol. The third-order valence-electron chi connectivity index (χ3n) is 3.55. The predicted octanol–water partition coefficient (Wildman–Crippen LogP) is 3.35. The Morgan fingerprint density at radius 1 is 1.35 bits per heavy atom. The number of hydrogen-bond donors (Lipinski definition) is 1. The van der Waals surface area contributed by atoms with Gasteiger partial charge in [0.25, 0.3) is 0 Å². The van der Waals surface area contributed by atoms with Gasteiger partial charge in [-0.25, -0.2) is 9.97 Å². The second-order valence-corrected chi connectivity index (χ2v) is 6.17. The normalized spacial score (nSPS) is 13.3. The Kier molecular flexibility index (Phi) is 3.87. The molecule has 2 heterocycles. The van der Waals surface area contributed by atoms with Crippen molar-refractivity contribution >= 4 is 17.2 Å². The molecule has 0 spiro atoms. The highest BCUT2D eigenvalue weighted by molar-refractivity contribution is 7.12. The zero-order valence-electron chi connectivity index (χ0n) is 11.9. The molecule has 106 valence electrons. The largest absolute Gasteiger partial charge is 0.478 e. The van der Waals surface area contributed by atoms with E-state index in [1.165, 1.54) is 24.1 Å². The van der Waals surface area contributed by atoms with Crippen LogP contribution in [0, 0.1) is 6.92 Å². The summed E-state index contributed by atoms with van der Waals surface area (Å²) in [7, 11) is 0. The number of nitrogens with zero attached hydrogens (tertiary/aromatic N) is 2. The first-order valence-electron chi connectivity index (χ1n) is 7.06. The Bertz CT molecular complexity index is 588. The summed E-state index contributed by atoms with van der Waals surface area (Å²) in [5.74, 6) is 1.52. The lowest BCUT2D eigenvalue weighted by molar-refractivity contribution is 0.324. The van der Waals surface area contributed by atoms with Crippen LogP contribution in [0.3, 0.4) is 0 Å². The number of anilines is 1. The number of nitrogens with one attached hydrogen (secondary N) is 1. The van der Waals surface area contributed by atoms with Crippen LogP contribution in [0.4, 0.5) is 5.82 Å². The van der Waals surface area contributed by atoms with Crippen molar-refractivity contribution in [1.29, 1.82) is 0 Å². The van der Waals surface area contributed by atoms with E-state index in [1.807, 2.05) is 25.2 Å². The van der Waals surface area contributed by atoms with Crippen LogP contribution in [0.15, 0.2) is 12.4 Å². The topological polar surface area (TPSA) is 47.0 Å². The van der Waals surface area contributed by atoms with Crippen LogP contribution >= 0.6 is 11.3 Å². The highest BCUT2D eigenvalue weighted by Crippen LogP contribution is 2.31. The fourth-order valence-corrected chi connectivity index (χ4v) is 3.74. The molecule has 0 fully saturated rings. The fourth-order valence-electron chi connectivity index (χ4n) is 2.54. The van der Waals surface area contributed by atoms with Crippen LogP contribution in [-0.4, -0.2) is 16.6 Å². The average Bonchev–Trinajstić information content (AvgIpc) is 3.01. The number of rotatable bonds is 5. The highest BCUT2D eigenvalue weighted by atomic mass is 32.1. The molecule has 0 unspecified atom stereocenters. The van der Waals surface area contributed by atoms with Crippen molar-refractivity contribution in [2.24, 2.45) is 0 Å². The van der Waals surface area contributed by atoms with E-state index in [4.69, 9.17) is 4.74 Å². The molecule has 0 amide bonds. The van der Waals surface area contributed by atoms with Crippen molar-refractivity contribution < 1.29 is 4.74 Å². The third kappa shape index (κ3) is 2.63. The van der Waals surface area contributed by atoms with Gasteiger partial charge in [0.2, 0.25) is 5.88 Å². The van der Waals surface area contributed by atoms with Crippen molar-refractivity contribution in [3.05, 3.63) is 33.3 Å². The van der Waals surface area contributed by atoms with E-state index in [0.29, 0.717) is 12.5 Å². The van der Waals surface area contributed by atoms with E-state index in [0.717, 1.165) is 17.9 Å². The van der Waals surface area contributed by atoms with Crippen molar-refractivity contribution in [3.63, 3.8) is 0 Å². The first kappa shape index (κ1) is 13.4. The molecule has 0 saturated carbocycles. The molecule has 0 atom stereocenters. The lowest BCUT2D eigenvalue weighted by Crippen LogP contribution is -2.05. The molecule has 0 aromatic carbocycles. The number of ether oxygens (including phenoxy) is 1. The maximum absolute atomic E-state index is 5.49. The van der Waals surface area contributed by atoms with Crippen molar-refractivity contribution in [2.45, 2.75) is 39.7 Å². The minimum atomic E-state index is 0.620. The van der Waals surface area contributed by atoms with Crippen molar-refractivity contribution in [2.75, 3.05) is 11.9 Å². The maximum Gasteiger partial charge on any atom is 0.221 e. The molecular formula is C15H19N3OS. The van der Waals surface area contributed by atoms with E-state index in [-0.39, 0.29) is 0 Å². The van der Waals surface area contributed by atoms with E-state index >= 15 is 0 Å². The predicted molar refractivity (Wildman–Crippen MR) is 81.6 cm³/mol.